The molecule has 2 saturated heterocycles. The van der Waals surface area contributed by atoms with Crippen molar-refractivity contribution in [2.24, 2.45) is 0 Å². The normalized spacial score (nSPS) is 18.0. The zero-order chi connectivity index (χ0) is 19.1. The van der Waals surface area contributed by atoms with Gasteiger partial charge in [-0.2, -0.15) is 5.26 Å². The average Bonchev–Trinajstić information content (AvgIpc) is 2.73. The van der Waals surface area contributed by atoms with Gasteiger partial charge in [-0.25, -0.2) is 0 Å². The van der Waals surface area contributed by atoms with E-state index in [1.54, 1.807) is 29.2 Å². The fourth-order valence-electron chi connectivity index (χ4n) is 3.45. The predicted octanol–water partition coefficient (Wildman–Crippen LogP) is 1.09. The highest BCUT2D eigenvalue weighted by molar-refractivity contribution is 5.79. The molecule has 2 heterocycles. The first-order chi connectivity index (χ1) is 13.2. The molecule has 0 N–H and O–H groups in total. The lowest BCUT2D eigenvalue weighted by molar-refractivity contribution is -0.136. The molecule has 7 nitrogen and oxygen atoms in total. The molecule has 1 aromatic rings. The van der Waals surface area contributed by atoms with E-state index >= 15 is 0 Å². The Balaban J connectivity index is 1.38. The summed E-state index contributed by atoms with van der Waals surface area (Å²) in [6.07, 6.45) is 3.43. The number of nitrogens with zero attached hydrogens (tertiary/aromatic N) is 4. The van der Waals surface area contributed by atoms with Gasteiger partial charge in [-0.05, 0) is 43.5 Å². The van der Waals surface area contributed by atoms with Gasteiger partial charge in [0.15, 0.2) is 6.61 Å². The summed E-state index contributed by atoms with van der Waals surface area (Å²) < 4.78 is 5.52. The molecule has 1 aromatic carbocycles. The molecule has 0 aromatic heterocycles. The Bertz CT molecular complexity index is 684. The van der Waals surface area contributed by atoms with Crippen molar-refractivity contribution in [2.75, 3.05) is 52.4 Å². The molecule has 2 aliphatic heterocycles. The van der Waals surface area contributed by atoms with E-state index in [0.717, 1.165) is 25.9 Å². The van der Waals surface area contributed by atoms with Crippen LogP contribution in [0.15, 0.2) is 24.3 Å². The number of piperazine rings is 1. The smallest absolute Gasteiger partial charge is 0.260 e. The quantitative estimate of drug-likeness (QED) is 0.776. The molecule has 0 saturated carbocycles. The van der Waals surface area contributed by atoms with Gasteiger partial charge in [0.2, 0.25) is 5.91 Å². The second kappa shape index (κ2) is 9.38. The summed E-state index contributed by atoms with van der Waals surface area (Å²) in [6, 6.07) is 8.76. The van der Waals surface area contributed by atoms with Gasteiger partial charge in [0.1, 0.15) is 5.75 Å². The standard InChI is InChI=1S/C20H26N4O3/c21-14-17-4-6-18(7-5-17)27-16-20(26)24-12-10-22(11-13-24)15-19(25)23-8-2-1-3-9-23/h4-7H,1-3,8-13,15-16H2. The molecule has 144 valence electrons. The van der Waals surface area contributed by atoms with Crippen molar-refractivity contribution in [1.82, 2.24) is 14.7 Å². The highest BCUT2D eigenvalue weighted by Crippen LogP contribution is 2.13. The summed E-state index contributed by atoms with van der Waals surface area (Å²) in [4.78, 5) is 30.6. The van der Waals surface area contributed by atoms with E-state index in [9.17, 15) is 9.59 Å². The molecule has 0 atom stereocenters. The van der Waals surface area contributed by atoms with Gasteiger partial charge in [-0.15, -0.1) is 0 Å². The van der Waals surface area contributed by atoms with Crippen LogP contribution in [0, 0.1) is 11.3 Å². The number of amides is 2. The zero-order valence-corrected chi connectivity index (χ0v) is 15.6. The van der Waals surface area contributed by atoms with E-state index in [-0.39, 0.29) is 18.4 Å². The van der Waals surface area contributed by atoms with Crippen LogP contribution in [0.1, 0.15) is 24.8 Å². The second-order valence-corrected chi connectivity index (χ2v) is 7.02. The number of hydrogen-bond acceptors (Lipinski definition) is 5. The number of hydrogen-bond donors (Lipinski definition) is 0. The van der Waals surface area contributed by atoms with Crippen molar-refractivity contribution in [3.8, 4) is 11.8 Å². The fraction of sp³-hybridized carbons (Fsp3) is 0.550. The molecule has 0 radical (unpaired) electrons. The van der Waals surface area contributed by atoms with Gasteiger partial charge in [-0.1, -0.05) is 0 Å². The Morgan fingerprint density at radius 3 is 2.15 bits per heavy atom. The lowest BCUT2D eigenvalue weighted by atomic mass is 10.1. The van der Waals surface area contributed by atoms with Crippen molar-refractivity contribution >= 4 is 11.8 Å². The maximum atomic E-state index is 12.4. The third kappa shape index (κ3) is 5.44. The molecule has 0 bridgehead atoms. The molecule has 2 aliphatic rings. The van der Waals surface area contributed by atoms with Crippen molar-refractivity contribution in [1.29, 1.82) is 5.26 Å². The molecule has 3 rings (SSSR count). The molecular formula is C20H26N4O3. The molecule has 2 fully saturated rings. The van der Waals surface area contributed by atoms with Gasteiger partial charge in [-0.3, -0.25) is 14.5 Å². The first-order valence-electron chi connectivity index (χ1n) is 9.56. The average molecular weight is 370 g/mol. The zero-order valence-electron chi connectivity index (χ0n) is 15.6. The molecule has 27 heavy (non-hydrogen) atoms. The van der Waals surface area contributed by atoms with Crippen molar-refractivity contribution in [3.05, 3.63) is 29.8 Å². The van der Waals surface area contributed by atoms with E-state index in [2.05, 4.69) is 4.90 Å². The number of ether oxygens (including phenoxy) is 1. The van der Waals surface area contributed by atoms with Gasteiger partial charge >= 0.3 is 0 Å². The lowest BCUT2D eigenvalue weighted by Crippen LogP contribution is -2.52. The molecule has 0 aliphatic carbocycles. The Labute approximate surface area is 160 Å². The SMILES string of the molecule is N#Cc1ccc(OCC(=O)N2CCN(CC(=O)N3CCCCC3)CC2)cc1. The van der Waals surface area contributed by atoms with E-state index in [1.165, 1.54) is 6.42 Å². The molecule has 2 amide bonds. The summed E-state index contributed by atoms with van der Waals surface area (Å²) in [6.45, 7) is 4.84. The van der Waals surface area contributed by atoms with Crippen LogP contribution in [-0.4, -0.2) is 78.9 Å². The minimum atomic E-state index is -0.0543. The Kier molecular flexibility index (Phi) is 6.66. The van der Waals surface area contributed by atoms with Gasteiger partial charge in [0.25, 0.3) is 5.91 Å². The molecule has 0 spiro atoms. The van der Waals surface area contributed by atoms with Crippen molar-refractivity contribution in [3.63, 3.8) is 0 Å². The Hall–Kier alpha value is -2.59. The van der Waals surface area contributed by atoms with Crippen LogP contribution in [0.4, 0.5) is 0 Å². The number of carbonyl (C=O) groups excluding carboxylic acids is 2. The van der Waals surface area contributed by atoms with Gasteiger partial charge in [0.05, 0.1) is 18.2 Å². The number of carbonyl (C=O) groups is 2. The number of rotatable bonds is 5. The highest BCUT2D eigenvalue weighted by Gasteiger charge is 2.24. The van der Waals surface area contributed by atoms with Crippen molar-refractivity contribution in [2.45, 2.75) is 19.3 Å². The maximum absolute atomic E-state index is 12.4. The van der Waals surface area contributed by atoms with Crippen LogP contribution >= 0.6 is 0 Å². The lowest BCUT2D eigenvalue weighted by Gasteiger charge is -2.36. The van der Waals surface area contributed by atoms with Crippen LogP contribution in [0.2, 0.25) is 0 Å². The van der Waals surface area contributed by atoms with Gasteiger partial charge < -0.3 is 14.5 Å². The summed E-state index contributed by atoms with van der Waals surface area (Å²) in [7, 11) is 0. The number of nitriles is 1. The van der Waals surface area contributed by atoms with Crippen LogP contribution in [0.5, 0.6) is 5.75 Å². The molecular weight excluding hydrogens is 344 g/mol. The first-order valence-corrected chi connectivity index (χ1v) is 9.56. The number of likely N-dealkylation sites (tertiary alicyclic amines) is 1. The third-order valence-electron chi connectivity index (χ3n) is 5.14. The van der Waals surface area contributed by atoms with E-state index < -0.39 is 0 Å². The van der Waals surface area contributed by atoms with Crippen LogP contribution in [-0.2, 0) is 9.59 Å². The fourth-order valence-corrected chi connectivity index (χ4v) is 3.45. The van der Waals surface area contributed by atoms with Crippen LogP contribution in [0.3, 0.4) is 0 Å². The Morgan fingerprint density at radius 1 is 0.889 bits per heavy atom. The Morgan fingerprint density at radius 2 is 1.52 bits per heavy atom. The predicted molar refractivity (Wildman–Crippen MR) is 100 cm³/mol. The van der Waals surface area contributed by atoms with E-state index in [1.807, 2.05) is 11.0 Å². The first kappa shape index (κ1) is 19.2. The van der Waals surface area contributed by atoms with Crippen LogP contribution < -0.4 is 4.74 Å². The summed E-state index contributed by atoms with van der Waals surface area (Å²) in [5.74, 6) is 0.730. The third-order valence-corrected chi connectivity index (χ3v) is 5.14. The number of piperidine rings is 1. The van der Waals surface area contributed by atoms with Crippen LogP contribution in [0.25, 0.3) is 0 Å². The number of benzene rings is 1. The molecule has 0 unspecified atom stereocenters. The molecule has 7 heteroatoms. The highest BCUT2D eigenvalue weighted by atomic mass is 16.5. The van der Waals surface area contributed by atoms with Gasteiger partial charge in [0, 0.05) is 39.3 Å². The van der Waals surface area contributed by atoms with Crippen molar-refractivity contribution < 1.29 is 14.3 Å². The monoisotopic (exact) mass is 370 g/mol. The maximum Gasteiger partial charge on any atom is 0.260 e. The second-order valence-electron chi connectivity index (χ2n) is 7.02. The summed E-state index contributed by atoms with van der Waals surface area (Å²) >= 11 is 0. The summed E-state index contributed by atoms with van der Waals surface area (Å²) in [5.41, 5.74) is 0.559. The van der Waals surface area contributed by atoms with E-state index in [4.69, 9.17) is 10.00 Å². The minimum Gasteiger partial charge on any atom is -0.484 e. The largest absolute Gasteiger partial charge is 0.484 e. The topological polar surface area (TPSA) is 76.9 Å². The minimum absolute atomic E-state index is 0.0153. The van der Waals surface area contributed by atoms with E-state index in [0.29, 0.717) is 44.0 Å². The summed E-state index contributed by atoms with van der Waals surface area (Å²) in [5, 5.41) is 8.79.